The molecule has 0 aromatic heterocycles. The van der Waals surface area contributed by atoms with Crippen molar-refractivity contribution in [3.63, 3.8) is 0 Å². The van der Waals surface area contributed by atoms with Crippen LogP contribution in [0.15, 0.2) is 30.3 Å². The topological polar surface area (TPSA) is 90.7 Å². The van der Waals surface area contributed by atoms with E-state index in [0.29, 0.717) is 38.7 Å². The number of carbonyl (C=O) groups is 1. The first kappa shape index (κ1) is 15.6. The molecule has 7 nitrogen and oxygen atoms in total. The van der Waals surface area contributed by atoms with Gasteiger partial charge in [0.1, 0.15) is 5.75 Å². The average molecular weight is 359 g/mol. The van der Waals surface area contributed by atoms with Crippen LogP contribution < -0.4 is 10.1 Å². The van der Waals surface area contributed by atoms with Crippen molar-refractivity contribution in [2.75, 3.05) is 12.1 Å². The van der Waals surface area contributed by atoms with Crippen molar-refractivity contribution in [1.82, 2.24) is 0 Å². The Labute approximate surface area is 147 Å². The number of benzene rings is 2. The molecule has 0 spiro atoms. The largest absolute Gasteiger partial charge is 0.467 e. The van der Waals surface area contributed by atoms with Gasteiger partial charge in [-0.2, -0.15) is 0 Å². The molecule has 25 heavy (non-hydrogen) atoms. The van der Waals surface area contributed by atoms with Crippen LogP contribution >= 0.6 is 11.6 Å². The molecule has 0 radical (unpaired) electrons. The molecule has 0 fully saturated rings. The molecule has 2 aromatic carbocycles. The van der Waals surface area contributed by atoms with Crippen LogP contribution in [0.5, 0.6) is 5.75 Å². The molecule has 0 saturated carbocycles. The van der Waals surface area contributed by atoms with Crippen molar-refractivity contribution in [3.05, 3.63) is 62.2 Å². The molecule has 1 amide bonds. The van der Waals surface area contributed by atoms with Gasteiger partial charge in [-0.3, -0.25) is 14.9 Å². The molecule has 2 aliphatic heterocycles. The summed E-state index contributed by atoms with van der Waals surface area (Å²) in [6.45, 7) is 0.269. The fraction of sp³-hybridized carbons (Fsp3) is 0.118. The lowest BCUT2D eigenvalue weighted by Crippen LogP contribution is -2.13. The fourth-order valence-corrected chi connectivity index (χ4v) is 3.08. The van der Waals surface area contributed by atoms with Gasteiger partial charge in [-0.15, -0.1) is 0 Å². The van der Waals surface area contributed by atoms with Gasteiger partial charge in [0.15, 0.2) is 6.79 Å². The highest BCUT2D eigenvalue weighted by molar-refractivity contribution is 6.36. The first-order valence-corrected chi connectivity index (χ1v) is 7.75. The summed E-state index contributed by atoms with van der Waals surface area (Å²) < 4.78 is 10.7. The second-order valence-electron chi connectivity index (χ2n) is 5.59. The maximum absolute atomic E-state index is 12.3. The zero-order valence-electron chi connectivity index (χ0n) is 12.7. The number of amides is 1. The Morgan fingerprint density at radius 3 is 2.92 bits per heavy atom. The van der Waals surface area contributed by atoms with E-state index < -0.39 is 4.92 Å². The second-order valence-corrected chi connectivity index (χ2v) is 6.03. The summed E-state index contributed by atoms with van der Waals surface area (Å²) in [6.07, 6.45) is 1.59. The number of nitro benzene ring substituents is 1. The zero-order chi connectivity index (χ0) is 17.6. The van der Waals surface area contributed by atoms with E-state index in [1.807, 2.05) is 0 Å². The molecule has 4 rings (SSSR count). The first-order chi connectivity index (χ1) is 12.0. The van der Waals surface area contributed by atoms with E-state index in [2.05, 4.69) is 5.32 Å². The Morgan fingerprint density at radius 1 is 1.28 bits per heavy atom. The predicted octanol–water partition coefficient (Wildman–Crippen LogP) is 3.61. The van der Waals surface area contributed by atoms with Gasteiger partial charge < -0.3 is 14.8 Å². The Balaban J connectivity index is 1.88. The van der Waals surface area contributed by atoms with Crippen molar-refractivity contribution in [3.8, 4) is 5.75 Å². The number of halogens is 1. The molecule has 1 N–H and O–H groups in total. The average Bonchev–Trinajstić information content (AvgIpc) is 2.89. The van der Waals surface area contributed by atoms with E-state index in [4.69, 9.17) is 21.1 Å². The number of anilines is 1. The third kappa shape index (κ3) is 2.73. The van der Waals surface area contributed by atoms with Crippen LogP contribution in [-0.4, -0.2) is 17.6 Å². The summed E-state index contributed by atoms with van der Waals surface area (Å²) in [5.74, 6) is 0.184. The van der Waals surface area contributed by atoms with Gasteiger partial charge in [0.2, 0.25) is 0 Å². The van der Waals surface area contributed by atoms with Gasteiger partial charge in [-0.25, -0.2) is 0 Å². The highest BCUT2D eigenvalue weighted by atomic mass is 35.5. The van der Waals surface area contributed by atoms with Crippen molar-refractivity contribution in [2.45, 2.75) is 6.61 Å². The van der Waals surface area contributed by atoms with E-state index in [0.717, 1.165) is 0 Å². The van der Waals surface area contributed by atoms with Crippen LogP contribution in [0.1, 0.15) is 16.7 Å². The summed E-state index contributed by atoms with van der Waals surface area (Å²) in [7, 11) is 0. The molecule has 2 aromatic rings. The van der Waals surface area contributed by atoms with Gasteiger partial charge >= 0.3 is 0 Å². The first-order valence-electron chi connectivity index (χ1n) is 7.38. The minimum Gasteiger partial charge on any atom is -0.467 e. The quantitative estimate of drug-likeness (QED) is 0.503. The summed E-state index contributed by atoms with van der Waals surface area (Å²) in [5.41, 5.74) is 2.62. The molecule has 2 heterocycles. The number of hydrogen-bond donors (Lipinski definition) is 1. The number of non-ortho nitro benzene ring substituents is 1. The number of carbonyl (C=O) groups excluding carboxylic acids is 1. The van der Waals surface area contributed by atoms with Crippen LogP contribution in [0.25, 0.3) is 11.6 Å². The van der Waals surface area contributed by atoms with Gasteiger partial charge in [-0.1, -0.05) is 17.7 Å². The number of ether oxygens (including phenoxy) is 2. The lowest BCUT2D eigenvalue weighted by molar-refractivity contribution is -0.385. The van der Waals surface area contributed by atoms with E-state index in [-0.39, 0.29) is 25.0 Å². The Kier molecular flexibility index (Phi) is 3.67. The van der Waals surface area contributed by atoms with Crippen LogP contribution in [0, 0.1) is 10.1 Å². The number of nitro groups is 1. The SMILES string of the molecule is O=C1Nc2cc(Cl)ccc2C1=Cc1cc([N+](=O)[O-])cc2c1OCOC2. The monoisotopic (exact) mass is 358 g/mol. The standard InChI is InChI=1S/C17H11ClN2O5/c18-11-1-2-13-14(17(21)19-15(13)6-11)5-9-3-12(20(22)23)4-10-7-24-8-25-16(9)10/h1-6H,7-8H2,(H,19,21). The van der Waals surface area contributed by atoms with Gasteiger partial charge in [0.05, 0.1) is 17.2 Å². The molecule has 0 atom stereocenters. The highest BCUT2D eigenvalue weighted by Crippen LogP contribution is 2.39. The summed E-state index contributed by atoms with van der Waals surface area (Å²) >= 11 is 5.95. The predicted molar refractivity (Wildman–Crippen MR) is 91.3 cm³/mol. The summed E-state index contributed by atoms with van der Waals surface area (Å²) in [4.78, 5) is 23.0. The maximum atomic E-state index is 12.3. The Morgan fingerprint density at radius 2 is 2.12 bits per heavy atom. The maximum Gasteiger partial charge on any atom is 0.270 e. The molecule has 8 heteroatoms. The van der Waals surface area contributed by atoms with Crippen molar-refractivity contribution in [1.29, 1.82) is 0 Å². The molecular formula is C17H11ClN2O5. The number of rotatable bonds is 2. The number of nitrogens with one attached hydrogen (secondary N) is 1. The van der Waals surface area contributed by atoms with Crippen molar-refractivity contribution in [2.24, 2.45) is 0 Å². The smallest absolute Gasteiger partial charge is 0.270 e. The lowest BCUT2D eigenvalue weighted by atomic mass is 10.0. The highest BCUT2D eigenvalue weighted by Gasteiger charge is 2.26. The third-order valence-electron chi connectivity index (χ3n) is 4.00. The minimum atomic E-state index is -0.487. The third-order valence-corrected chi connectivity index (χ3v) is 4.23. The van der Waals surface area contributed by atoms with Crippen molar-refractivity contribution < 1.29 is 19.2 Å². The van der Waals surface area contributed by atoms with Crippen LogP contribution in [0.4, 0.5) is 11.4 Å². The lowest BCUT2D eigenvalue weighted by Gasteiger charge is -2.19. The molecule has 0 aliphatic carbocycles. The summed E-state index contributed by atoms with van der Waals surface area (Å²) in [6, 6.07) is 7.87. The number of fused-ring (bicyclic) bond motifs is 2. The van der Waals surface area contributed by atoms with Gasteiger partial charge in [0, 0.05) is 39.4 Å². The van der Waals surface area contributed by atoms with Gasteiger partial charge in [0.25, 0.3) is 11.6 Å². The molecule has 0 saturated heterocycles. The Bertz CT molecular complexity index is 954. The number of nitrogens with zero attached hydrogens (tertiary/aromatic N) is 1. The molecule has 126 valence electrons. The van der Waals surface area contributed by atoms with E-state index in [1.165, 1.54) is 12.1 Å². The molecule has 2 aliphatic rings. The zero-order valence-corrected chi connectivity index (χ0v) is 13.5. The van der Waals surface area contributed by atoms with Crippen LogP contribution in [0.3, 0.4) is 0 Å². The Hall–Kier alpha value is -2.90. The van der Waals surface area contributed by atoms with Crippen LogP contribution in [-0.2, 0) is 16.1 Å². The van der Waals surface area contributed by atoms with Crippen molar-refractivity contribution >= 4 is 40.5 Å². The van der Waals surface area contributed by atoms with E-state index in [1.54, 1.807) is 24.3 Å². The molecular weight excluding hydrogens is 348 g/mol. The molecule has 0 bridgehead atoms. The second kappa shape index (κ2) is 5.87. The minimum absolute atomic E-state index is 0.0549. The number of hydrogen-bond acceptors (Lipinski definition) is 5. The molecule has 0 unspecified atom stereocenters. The van der Waals surface area contributed by atoms with Crippen LogP contribution in [0.2, 0.25) is 5.02 Å². The van der Waals surface area contributed by atoms with Gasteiger partial charge in [-0.05, 0) is 18.2 Å². The van der Waals surface area contributed by atoms with E-state index in [9.17, 15) is 14.9 Å². The normalized spacial score (nSPS) is 16.8. The summed E-state index contributed by atoms with van der Waals surface area (Å²) in [5, 5.41) is 14.4. The fourth-order valence-electron chi connectivity index (χ4n) is 2.91. The van der Waals surface area contributed by atoms with E-state index >= 15 is 0 Å².